The predicted molar refractivity (Wildman–Crippen MR) is 69.0 cm³/mol. The highest BCUT2D eigenvalue weighted by Gasteiger charge is 2.21. The molecule has 1 aliphatic rings. The highest BCUT2D eigenvalue weighted by molar-refractivity contribution is 5.14. The average Bonchev–Trinajstić information content (AvgIpc) is 2.86. The zero-order chi connectivity index (χ0) is 13.4. The van der Waals surface area contributed by atoms with Crippen molar-refractivity contribution in [3.63, 3.8) is 0 Å². The number of pyridine rings is 1. The molecule has 0 spiro atoms. The fraction of sp³-hybridized carbons (Fsp3) is 0.615. The van der Waals surface area contributed by atoms with Crippen LogP contribution in [0.2, 0.25) is 0 Å². The summed E-state index contributed by atoms with van der Waals surface area (Å²) in [5.41, 5.74) is 1.36. The first-order valence-electron chi connectivity index (χ1n) is 6.19. The van der Waals surface area contributed by atoms with E-state index in [0.717, 1.165) is 0 Å². The monoisotopic (exact) mass is 254 g/mol. The van der Waals surface area contributed by atoms with Crippen LogP contribution in [0.5, 0.6) is 0 Å². The molecule has 1 saturated heterocycles. The molecule has 0 radical (unpaired) electrons. The van der Waals surface area contributed by atoms with Gasteiger partial charge in [0.1, 0.15) is 6.10 Å². The van der Waals surface area contributed by atoms with Crippen LogP contribution in [0.25, 0.3) is 0 Å². The smallest absolute Gasteiger partial charge is 0.100 e. The second-order valence-electron chi connectivity index (χ2n) is 4.44. The summed E-state index contributed by atoms with van der Waals surface area (Å²) in [5, 5.41) is 24.0. The van der Waals surface area contributed by atoms with Crippen molar-refractivity contribution in [2.24, 2.45) is 0 Å². The van der Waals surface area contributed by atoms with Crippen LogP contribution in [0.3, 0.4) is 0 Å². The summed E-state index contributed by atoms with van der Waals surface area (Å²) in [4.78, 5) is 6.54. The Balaban J connectivity index is 0.000000232. The van der Waals surface area contributed by atoms with Gasteiger partial charge in [0.2, 0.25) is 0 Å². The Morgan fingerprint density at radius 3 is 2.56 bits per heavy atom. The van der Waals surface area contributed by atoms with Crippen LogP contribution in [-0.4, -0.2) is 58.1 Å². The molecular weight excluding hydrogens is 232 g/mol. The number of aliphatic hydroxyl groups excluding tert-OH is 3. The Bertz CT molecular complexity index is 317. The minimum Gasteiger partial charge on any atom is -0.394 e. The molecule has 5 nitrogen and oxygen atoms in total. The van der Waals surface area contributed by atoms with Gasteiger partial charge >= 0.3 is 0 Å². The van der Waals surface area contributed by atoms with E-state index in [1.807, 2.05) is 18.5 Å². The van der Waals surface area contributed by atoms with Crippen molar-refractivity contribution in [1.29, 1.82) is 0 Å². The highest BCUT2D eigenvalue weighted by atomic mass is 16.3. The first-order chi connectivity index (χ1) is 8.69. The molecule has 1 aromatic heterocycles. The van der Waals surface area contributed by atoms with Crippen LogP contribution in [0, 0.1) is 0 Å². The van der Waals surface area contributed by atoms with Gasteiger partial charge in [0.25, 0.3) is 0 Å². The molecule has 5 heteroatoms. The second-order valence-corrected chi connectivity index (χ2v) is 4.44. The fourth-order valence-corrected chi connectivity index (χ4v) is 1.96. The van der Waals surface area contributed by atoms with Crippen LogP contribution in [0.4, 0.5) is 0 Å². The summed E-state index contributed by atoms with van der Waals surface area (Å²) in [6.07, 6.45) is 5.45. The number of aliphatic hydroxyl groups is 3. The zero-order valence-corrected chi connectivity index (χ0v) is 10.7. The van der Waals surface area contributed by atoms with E-state index >= 15 is 0 Å². The predicted octanol–water partition coefficient (Wildman–Crippen LogP) is 0.180. The third-order valence-corrected chi connectivity index (χ3v) is 3.01. The van der Waals surface area contributed by atoms with Gasteiger partial charge < -0.3 is 15.3 Å². The quantitative estimate of drug-likeness (QED) is 0.717. The van der Waals surface area contributed by atoms with E-state index in [2.05, 4.69) is 23.0 Å². The van der Waals surface area contributed by atoms with Crippen LogP contribution in [0.15, 0.2) is 24.5 Å². The molecule has 1 aromatic rings. The van der Waals surface area contributed by atoms with Gasteiger partial charge in [-0.05, 0) is 38.1 Å². The maximum Gasteiger partial charge on any atom is 0.100 e. The van der Waals surface area contributed by atoms with Crippen molar-refractivity contribution >= 4 is 0 Å². The van der Waals surface area contributed by atoms with Crippen LogP contribution >= 0.6 is 0 Å². The summed E-state index contributed by atoms with van der Waals surface area (Å²) in [7, 11) is 2.19. The molecule has 0 aromatic carbocycles. The molecule has 18 heavy (non-hydrogen) atoms. The first kappa shape index (κ1) is 15.0. The number of rotatable bonds is 3. The van der Waals surface area contributed by atoms with E-state index in [4.69, 9.17) is 15.3 Å². The van der Waals surface area contributed by atoms with Gasteiger partial charge in [-0.15, -0.1) is 0 Å². The molecule has 1 aliphatic heterocycles. The number of nitrogens with zero attached hydrogens (tertiary/aromatic N) is 2. The summed E-state index contributed by atoms with van der Waals surface area (Å²) in [6.45, 7) is 0.493. The van der Waals surface area contributed by atoms with Gasteiger partial charge in [-0.25, -0.2) is 0 Å². The molecule has 1 fully saturated rings. The Labute approximate surface area is 108 Å². The van der Waals surface area contributed by atoms with Gasteiger partial charge in [0.15, 0.2) is 0 Å². The molecule has 1 atom stereocenters. The summed E-state index contributed by atoms with van der Waals surface area (Å²) in [6, 6.07) is 4.79. The van der Waals surface area contributed by atoms with Gasteiger partial charge in [0.05, 0.1) is 13.2 Å². The van der Waals surface area contributed by atoms with Gasteiger partial charge in [-0.2, -0.15) is 0 Å². The molecular formula is C13H22N2O3. The lowest BCUT2D eigenvalue weighted by atomic mass is 10.1. The molecule has 3 N–H and O–H groups in total. The lowest BCUT2D eigenvalue weighted by molar-refractivity contribution is 0.0450. The maximum atomic E-state index is 8.17. The van der Waals surface area contributed by atoms with Crippen molar-refractivity contribution in [3.05, 3.63) is 30.1 Å². The number of hydrogen-bond donors (Lipinski definition) is 3. The summed E-state index contributed by atoms with van der Waals surface area (Å²) < 4.78 is 0. The third-order valence-electron chi connectivity index (χ3n) is 3.01. The van der Waals surface area contributed by atoms with Crippen molar-refractivity contribution in [2.75, 3.05) is 26.8 Å². The average molecular weight is 254 g/mol. The van der Waals surface area contributed by atoms with E-state index in [0.29, 0.717) is 6.04 Å². The van der Waals surface area contributed by atoms with E-state index in [1.165, 1.54) is 24.9 Å². The first-order valence-corrected chi connectivity index (χ1v) is 6.19. The molecule has 0 amide bonds. The third kappa shape index (κ3) is 4.70. The number of likely N-dealkylation sites (tertiary alicyclic amines) is 1. The van der Waals surface area contributed by atoms with Crippen molar-refractivity contribution in [1.82, 2.24) is 9.88 Å². The van der Waals surface area contributed by atoms with Crippen molar-refractivity contribution in [3.8, 4) is 0 Å². The molecule has 0 saturated carbocycles. The van der Waals surface area contributed by atoms with Gasteiger partial charge in [-0.3, -0.25) is 9.88 Å². The van der Waals surface area contributed by atoms with E-state index in [-0.39, 0.29) is 13.2 Å². The second kappa shape index (κ2) is 8.16. The SMILES string of the molecule is CN1CCC[C@H]1c1cccnc1.OCC(O)CO. The van der Waals surface area contributed by atoms with E-state index < -0.39 is 6.10 Å². The van der Waals surface area contributed by atoms with Crippen LogP contribution < -0.4 is 0 Å². The topological polar surface area (TPSA) is 76.8 Å². The van der Waals surface area contributed by atoms with Crippen molar-refractivity contribution < 1.29 is 15.3 Å². The van der Waals surface area contributed by atoms with Crippen molar-refractivity contribution in [2.45, 2.75) is 25.0 Å². The van der Waals surface area contributed by atoms with Gasteiger partial charge in [0, 0.05) is 18.4 Å². The highest BCUT2D eigenvalue weighted by Crippen LogP contribution is 2.29. The summed E-state index contributed by atoms with van der Waals surface area (Å²) in [5.74, 6) is 0. The standard InChI is InChI=1S/C10H14N2.C3H8O3/c1-12-7-3-5-10(12)9-4-2-6-11-8-9;4-1-3(6)2-5/h2,4,6,8,10H,3,5,7H2,1H3;3-6H,1-2H2/t10-;/m0./s1. The fourth-order valence-electron chi connectivity index (χ4n) is 1.96. The Morgan fingerprint density at radius 2 is 2.17 bits per heavy atom. The van der Waals surface area contributed by atoms with Crippen LogP contribution in [-0.2, 0) is 0 Å². The zero-order valence-electron chi connectivity index (χ0n) is 10.7. The number of hydrogen-bond acceptors (Lipinski definition) is 5. The largest absolute Gasteiger partial charge is 0.394 e. The van der Waals surface area contributed by atoms with Gasteiger partial charge in [-0.1, -0.05) is 6.07 Å². The van der Waals surface area contributed by atoms with E-state index in [9.17, 15) is 0 Å². The Morgan fingerprint density at radius 1 is 1.44 bits per heavy atom. The Kier molecular flexibility index (Phi) is 6.82. The minimum atomic E-state index is -0.954. The lowest BCUT2D eigenvalue weighted by Crippen LogP contribution is -2.17. The molecule has 0 unspecified atom stereocenters. The maximum absolute atomic E-state index is 8.17. The van der Waals surface area contributed by atoms with Crippen LogP contribution in [0.1, 0.15) is 24.4 Å². The molecule has 2 rings (SSSR count). The molecule has 102 valence electrons. The minimum absolute atomic E-state index is 0.365. The normalized spacial score (nSPS) is 19.7. The summed E-state index contributed by atoms with van der Waals surface area (Å²) >= 11 is 0. The lowest BCUT2D eigenvalue weighted by Gasteiger charge is -2.18. The molecule has 2 heterocycles. The van der Waals surface area contributed by atoms with E-state index in [1.54, 1.807) is 0 Å². The number of aromatic nitrogens is 1. The molecule has 0 bridgehead atoms. The Hall–Kier alpha value is -1.01. The molecule has 0 aliphatic carbocycles.